The van der Waals surface area contributed by atoms with Crippen molar-refractivity contribution in [1.82, 2.24) is 15.5 Å². The van der Waals surface area contributed by atoms with E-state index in [0.29, 0.717) is 19.0 Å². The zero-order chi connectivity index (χ0) is 14.1. The Morgan fingerprint density at radius 2 is 2.16 bits per heavy atom. The van der Waals surface area contributed by atoms with Gasteiger partial charge in [-0.15, -0.1) is 0 Å². The van der Waals surface area contributed by atoms with E-state index < -0.39 is 6.03 Å². The third-order valence-corrected chi connectivity index (χ3v) is 3.35. The lowest BCUT2D eigenvalue weighted by atomic mass is 10.0. The predicted molar refractivity (Wildman–Crippen MR) is 74.7 cm³/mol. The first-order valence-corrected chi connectivity index (χ1v) is 7.16. The topological polar surface area (TPSA) is 87.5 Å². The summed E-state index contributed by atoms with van der Waals surface area (Å²) in [5.41, 5.74) is 4.91. The van der Waals surface area contributed by atoms with Gasteiger partial charge in [0.1, 0.15) is 0 Å². The van der Waals surface area contributed by atoms with Crippen molar-refractivity contribution in [2.45, 2.75) is 45.1 Å². The molecule has 6 nitrogen and oxygen atoms in total. The summed E-state index contributed by atoms with van der Waals surface area (Å²) >= 11 is 0. The van der Waals surface area contributed by atoms with E-state index in [1.165, 1.54) is 19.3 Å². The molecule has 0 spiro atoms. The maximum Gasteiger partial charge on any atom is 0.318 e. The number of hydrogen-bond donors (Lipinski definition) is 3. The molecular weight excluding hydrogens is 244 g/mol. The van der Waals surface area contributed by atoms with Crippen molar-refractivity contribution in [2.75, 3.05) is 26.2 Å². The summed E-state index contributed by atoms with van der Waals surface area (Å²) in [6.07, 6.45) is 5.11. The Bertz CT molecular complexity index is 290. The summed E-state index contributed by atoms with van der Waals surface area (Å²) in [7, 11) is 0. The fourth-order valence-electron chi connectivity index (χ4n) is 2.46. The second-order valence-corrected chi connectivity index (χ2v) is 5.11. The summed E-state index contributed by atoms with van der Waals surface area (Å²) in [5.74, 6) is -0.301. The van der Waals surface area contributed by atoms with Crippen LogP contribution >= 0.6 is 0 Å². The van der Waals surface area contributed by atoms with Crippen LogP contribution in [-0.2, 0) is 4.79 Å². The van der Waals surface area contributed by atoms with E-state index in [9.17, 15) is 9.59 Å². The molecule has 1 fully saturated rings. The average Bonchev–Trinajstić information content (AvgIpc) is 2.37. The number of urea groups is 1. The Labute approximate surface area is 115 Å². The Balaban J connectivity index is 2.30. The molecule has 110 valence electrons. The number of piperidine rings is 1. The van der Waals surface area contributed by atoms with Gasteiger partial charge in [0.25, 0.3) is 0 Å². The van der Waals surface area contributed by atoms with E-state index in [-0.39, 0.29) is 5.91 Å². The fraction of sp³-hybridized carbons (Fsp3) is 0.846. The van der Waals surface area contributed by atoms with Crippen molar-refractivity contribution >= 4 is 11.9 Å². The van der Waals surface area contributed by atoms with Crippen molar-refractivity contribution in [2.24, 2.45) is 5.73 Å². The van der Waals surface area contributed by atoms with Crippen LogP contribution in [0.1, 0.15) is 39.0 Å². The largest absolute Gasteiger partial charge is 0.351 e. The molecule has 19 heavy (non-hydrogen) atoms. The molecule has 1 heterocycles. The maximum atomic E-state index is 11.4. The fourth-order valence-corrected chi connectivity index (χ4v) is 2.46. The lowest BCUT2D eigenvalue weighted by Crippen LogP contribution is -2.45. The van der Waals surface area contributed by atoms with Crippen LogP contribution in [0.2, 0.25) is 0 Å². The van der Waals surface area contributed by atoms with Crippen molar-refractivity contribution in [1.29, 1.82) is 0 Å². The number of nitrogens with one attached hydrogen (secondary N) is 2. The summed E-state index contributed by atoms with van der Waals surface area (Å²) in [6, 6.07) is -0.250. The van der Waals surface area contributed by atoms with Crippen molar-refractivity contribution in [3.63, 3.8) is 0 Å². The van der Waals surface area contributed by atoms with Gasteiger partial charge in [0.2, 0.25) is 5.91 Å². The molecule has 3 amide bonds. The van der Waals surface area contributed by atoms with Crippen LogP contribution in [0.5, 0.6) is 0 Å². The standard InChI is InChI=1S/C13H26N4O2/c1-2-8-17(9-6-12(18)16-13(14)19)10-11-5-3-4-7-15-11/h11,15H,2-10H2,1H3,(H3,14,16,18,19). The average molecular weight is 270 g/mol. The lowest BCUT2D eigenvalue weighted by molar-refractivity contribution is -0.120. The first-order chi connectivity index (χ1) is 9.11. The summed E-state index contributed by atoms with van der Waals surface area (Å²) in [6.45, 7) is 5.84. The molecule has 0 aliphatic carbocycles. The van der Waals surface area contributed by atoms with Crippen molar-refractivity contribution in [3.05, 3.63) is 0 Å². The third-order valence-electron chi connectivity index (χ3n) is 3.35. The minimum absolute atomic E-state index is 0.301. The van der Waals surface area contributed by atoms with Crippen molar-refractivity contribution in [3.8, 4) is 0 Å². The minimum atomic E-state index is -0.777. The predicted octanol–water partition coefficient (Wildman–Crippen LogP) is 0.426. The number of rotatable bonds is 7. The van der Waals surface area contributed by atoms with Gasteiger partial charge in [-0.25, -0.2) is 4.79 Å². The molecule has 6 heteroatoms. The molecule has 0 radical (unpaired) electrons. The van der Waals surface area contributed by atoms with Gasteiger partial charge in [-0.05, 0) is 32.4 Å². The Hall–Kier alpha value is -1.14. The van der Waals surface area contributed by atoms with E-state index in [1.807, 2.05) is 0 Å². The second kappa shape index (κ2) is 8.87. The summed E-state index contributed by atoms with van der Waals surface area (Å²) in [5, 5.41) is 5.61. The SMILES string of the molecule is CCCN(CCC(=O)NC(N)=O)CC1CCCCN1. The van der Waals surface area contributed by atoms with E-state index in [2.05, 4.69) is 22.5 Å². The lowest BCUT2D eigenvalue weighted by Gasteiger charge is -2.30. The summed E-state index contributed by atoms with van der Waals surface area (Å²) < 4.78 is 0. The zero-order valence-corrected chi connectivity index (χ0v) is 11.8. The highest BCUT2D eigenvalue weighted by Gasteiger charge is 2.17. The van der Waals surface area contributed by atoms with Gasteiger partial charge in [-0.1, -0.05) is 13.3 Å². The highest BCUT2D eigenvalue weighted by molar-refractivity contribution is 5.93. The number of carbonyl (C=O) groups excluding carboxylic acids is 2. The number of carbonyl (C=O) groups is 2. The van der Waals surface area contributed by atoms with Crippen LogP contribution in [0.15, 0.2) is 0 Å². The molecule has 1 aliphatic heterocycles. The number of hydrogen-bond acceptors (Lipinski definition) is 4. The van der Waals surface area contributed by atoms with Crippen LogP contribution in [0.4, 0.5) is 4.79 Å². The van der Waals surface area contributed by atoms with Gasteiger partial charge in [0, 0.05) is 25.6 Å². The van der Waals surface area contributed by atoms with Crippen molar-refractivity contribution < 1.29 is 9.59 Å². The molecule has 4 N–H and O–H groups in total. The molecule has 0 aromatic carbocycles. The molecule has 0 bridgehead atoms. The Kier molecular flexibility index (Phi) is 7.43. The van der Waals surface area contributed by atoms with Crippen LogP contribution in [-0.4, -0.2) is 49.1 Å². The Morgan fingerprint density at radius 1 is 1.37 bits per heavy atom. The van der Waals surface area contributed by atoms with Crippen LogP contribution in [0, 0.1) is 0 Å². The highest BCUT2D eigenvalue weighted by Crippen LogP contribution is 2.09. The van der Waals surface area contributed by atoms with E-state index in [0.717, 1.165) is 26.1 Å². The maximum absolute atomic E-state index is 11.4. The molecule has 1 atom stereocenters. The molecule has 0 aromatic rings. The zero-order valence-electron chi connectivity index (χ0n) is 11.8. The number of nitrogens with two attached hydrogens (primary N) is 1. The van der Waals surface area contributed by atoms with Gasteiger partial charge < -0.3 is 16.0 Å². The van der Waals surface area contributed by atoms with Gasteiger partial charge >= 0.3 is 6.03 Å². The van der Waals surface area contributed by atoms with Crippen LogP contribution in [0.3, 0.4) is 0 Å². The van der Waals surface area contributed by atoms with E-state index >= 15 is 0 Å². The summed E-state index contributed by atoms with van der Waals surface area (Å²) in [4.78, 5) is 24.2. The molecule has 0 saturated carbocycles. The number of primary amides is 1. The molecule has 1 rings (SSSR count). The first-order valence-electron chi connectivity index (χ1n) is 7.16. The van der Waals surface area contributed by atoms with Gasteiger partial charge in [-0.2, -0.15) is 0 Å². The second-order valence-electron chi connectivity index (χ2n) is 5.11. The smallest absolute Gasteiger partial charge is 0.318 e. The normalized spacial score (nSPS) is 19.4. The molecule has 1 aliphatic rings. The number of imide groups is 1. The van der Waals surface area contributed by atoms with Gasteiger partial charge in [0.05, 0.1) is 0 Å². The quantitative estimate of drug-likeness (QED) is 0.626. The van der Waals surface area contributed by atoms with Gasteiger partial charge in [-0.3, -0.25) is 10.1 Å². The van der Waals surface area contributed by atoms with Crippen LogP contribution in [0.25, 0.3) is 0 Å². The molecule has 1 unspecified atom stereocenters. The third kappa shape index (κ3) is 7.12. The molecular formula is C13H26N4O2. The minimum Gasteiger partial charge on any atom is -0.351 e. The van der Waals surface area contributed by atoms with Crippen LogP contribution < -0.4 is 16.4 Å². The molecule has 1 saturated heterocycles. The number of amides is 3. The monoisotopic (exact) mass is 270 g/mol. The Morgan fingerprint density at radius 3 is 2.74 bits per heavy atom. The van der Waals surface area contributed by atoms with E-state index in [1.54, 1.807) is 0 Å². The van der Waals surface area contributed by atoms with E-state index in [4.69, 9.17) is 5.73 Å². The number of nitrogens with zero attached hydrogens (tertiary/aromatic N) is 1. The molecule has 0 aromatic heterocycles. The first kappa shape index (κ1) is 15.9. The highest BCUT2D eigenvalue weighted by atomic mass is 16.2. The van der Waals surface area contributed by atoms with Gasteiger partial charge in [0.15, 0.2) is 0 Å².